The minimum atomic E-state index is -1.96. The maximum Gasteiger partial charge on any atom is 0.331 e. The van der Waals surface area contributed by atoms with Gasteiger partial charge in [0.15, 0.2) is 0 Å². The first kappa shape index (κ1) is 25.6. The molecule has 9 nitrogen and oxygen atoms in total. The number of hydrogen-bond acceptors (Lipinski definition) is 9. The third-order valence-corrected chi connectivity index (χ3v) is 12.1. The fourth-order valence-corrected chi connectivity index (χ4v) is 10.2. The van der Waals surface area contributed by atoms with E-state index in [9.17, 15) is 24.9 Å². The van der Waals surface area contributed by atoms with E-state index in [1.54, 1.807) is 6.08 Å². The summed E-state index contributed by atoms with van der Waals surface area (Å²) in [5.74, 6) is -2.11. The van der Waals surface area contributed by atoms with E-state index < -0.39 is 35.3 Å². The van der Waals surface area contributed by atoms with Crippen molar-refractivity contribution in [2.75, 3.05) is 6.61 Å². The number of carbonyl (C=O) groups excluding carboxylic acids is 2. The molecule has 0 bridgehead atoms. The Labute approximate surface area is 222 Å². The fraction of sp³-hybridized carbons (Fsp3) is 0.862. The molecule has 0 amide bonds. The van der Waals surface area contributed by atoms with E-state index in [1.165, 1.54) is 0 Å². The highest BCUT2D eigenvalue weighted by Gasteiger charge is 2.70. The van der Waals surface area contributed by atoms with Gasteiger partial charge in [0.25, 0.3) is 0 Å². The van der Waals surface area contributed by atoms with Crippen LogP contribution in [-0.4, -0.2) is 76.3 Å². The fourth-order valence-electron chi connectivity index (χ4n) is 10.2. The van der Waals surface area contributed by atoms with Crippen molar-refractivity contribution in [1.82, 2.24) is 0 Å². The molecule has 0 aromatic carbocycles. The van der Waals surface area contributed by atoms with E-state index in [-0.39, 0.29) is 53.7 Å². The van der Waals surface area contributed by atoms with Gasteiger partial charge in [0.1, 0.15) is 19.0 Å². The number of carbonyl (C=O) groups is 2. The number of ether oxygens (including phenoxy) is 4. The zero-order chi connectivity index (χ0) is 26.7. The van der Waals surface area contributed by atoms with Gasteiger partial charge in [-0.15, -0.1) is 0 Å². The van der Waals surface area contributed by atoms with Crippen LogP contribution in [-0.2, 0) is 28.5 Å². The summed E-state index contributed by atoms with van der Waals surface area (Å²) >= 11 is 0. The number of hydrogen-bond donors (Lipinski definition) is 3. The zero-order valence-corrected chi connectivity index (χ0v) is 22.2. The summed E-state index contributed by atoms with van der Waals surface area (Å²) in [6, 6.07) is 0. The van der Waals surface area contributed by atoms with Crippen LogP contribution in [0.5, 0.6) is 0 Å². The number of rotatable bonds is 2. The predicted octanol–water partition coefficient (Wildman–Crippen LogP) is 2.00. The highest BCUT2D eigenvalue weighted by molar-refractivity contribution is 5.85. The van der Waals surface area contributed by atoms with Crippen molar-refractivity contribution in [2.24, 2.45) is 34.5 Å². The molecule has 0 spiro atoms. The highest BCUT2D eigenvalue weighted by atomic mass is 16.8. The van der Waals surface area contributed by atoms with Gasteiger partial charge in [-0.2, -0.15) is 0 Å². The molecule has 2 saturated heterocycles. The second kappa shape index (κ2) is 8.33. The van der Waals surface area contributed by atoms with Gasteiger partial charge in [-0.05, 0) is 87.5 Å². The molecule has 3 N–H and O–H groups in total. The summed E-state index contributed by atoms with van der Waals surface area (Å²) in [5, 5.41) is 34.4. The molecule has 4 aliphatic carbocycles. The third kappa shape index (κ3) is 3.20. The Bertz CT molecular complexity index is 1060. The van der Waals surface area contributed by atoms with E-state index in [1.807, 2.05) is 6.92 Å². The smallest absolute Gasteiger partial charge is 0.331 e. The van der Waals surface area contributed by atoms with E-state index in [0.29, 0.717) is 25.9 Å². The van der Waals surface area contributed by atoms with Crippen LogP contribution in [0.3, 0.4) is 0 Å². The normalized spacial score (nSPS) is 57.4. The molecule has 38 heavy (non-hydrogen) atoms. The van der Waals surface area contributed by atoms with E-state index >= 15 is 0 Å². The van der Waals surface area contributed by atoms with Gasteiger partial charge in [0, 0.05) is 23.3 Å². The third-order valence-electron chi connectivity index (χ3n) is 12.1. The number of aliphatic hydroxyl groups is 3. The Morgan fingerprint density at radius 1 is 1.03 bits per heavy atom. The second-order valence-electron chi connectivity index (χ2n) is 13.6. The van der Waals surface area contributed by atoms with E-state index in [2.05, 4.69) is 6.92 Å². The minimum Gasteiger partial charge on any atom is -0.458 e. The largest absolute Gasteiger partial charge is 0.458 e. The first-order valence-electron chi connectivity index (χ1n) is 14.5. The first-order valence-corrected chi connectivity index (χ1v) is 14.5. The highest BCUT2D eigenvalue weighted by Crippen LogP contribution is 2.70. The van der Waals surface area contributed by atoms with Gasteiger partial charge in [0.05, 0.1) is 23.9 Å². The van der Waals surface area contributed by atoms with Crippen molar-refractivity contribution in [1.29, 1.82) is 0 Å². The van der Waals surface area contributed by atoms with E-state index in [4.69, 9.17) is 18.9 Å². The minimum absolute atomic E-state index is 0.00418. The molecule has 6 fully saturated rings. The van der Waals surface area contributed by atoms with Gasteiger partial charge in [-0.25, -0.2) is 4.79 Å². The van der Waals surface area contributed by atoms with Gasteiger partial charge < -0.3 is 39.1 Å². The molecular weight excluding hydrogens is 492 g/mol. The maximum absolute atomic E-state index is 13.1. The van der Waals surface area contributed by atoms with Crippen LogP contribution in [0.1, 0.15) is 71.6 Å². The Morgan fingerprint density at radius 2 is 1.84 bits per heavy atom. The Hall–Kier alpha value is -1.36. The lowest BCUT2D eigenvalue weighted by Gasteiger charge is -2.64. The van der Waals surface area contributed by atoms with Crippen molar-refractivity contribution >= 4 is 12.3 Å². The lowest BCUT2D eigenvalue weighted by atomic mass is 9.42. The molecule has 9 heteroatoms. The van der Waals surface area contributed by atoms with Gasteiger partial charge >= 0.3 is 5.97 Å². The summed E-state index contributed by atoms with van der Waals surface area (Å²) < 4.78 is 23.5. The molecule has 4 saturated carbocycles. The van der Waals surface area contributed by atoms with Crippen LogP contribution < -0.4 is 0 Å². The number of aliphatic hydroxyl groups excluding tert-OH is 1. The molecule has 0 unspecified atom stereocenters. The molecule has 3 heterocycles. The van der Waals surface area contributed by atoms with Crippen LogP contribution in [0.25, 0.3) is 0 Å². The molecule has 0 aromatic heterocycles. The zero-order valence-electron chi connectivity index (χ0n) is 22.2. The summed E-state index contributed by atoms with van der Waals surface area (Å²) in [6.45, 7) is 4.31. The average Bonchev–Trinajstić information content (AvgIpc) is 3.42. The molecule has 3 aliphatic heterocycles. The van der Waals surface area contributed by atoms with Crippen LogP contribution >= 0.6 is 0 Å². The maximum atomic E-state index is 13.1. The van der Waals surface area contributed by atoms with Crippen LogP contribution in [0, 0.1) is 34.5 Å². The average molecular weight is 533 g/mol. The number of fused-ring (bicyclic) bond motifs is 7. The molecule has 0 aromatic rings. The standard InChI is InChI=1S/C29H40O9/c1-15-9-23(31)29(34)25(36-15)37-21-11-17-3-4-20-19(27(17,14-30)12-22(21)38-29)5-7-26(2)18(6-8-28(20,26)33)16-10-24(32)35-13-16/h10,14-15,17-23,25,31,33-34H,3-9,11-13H2,1-2H3/t15-,17+,18-,19+,20-,21-,22-,23-,25+,26-,27-,28+,29-/m1/s1. The van der Waals surface area contributed by atoms with Crippen molar-refractivity contribution in [2.45, 2.75) is 114 Å². The molecular formula is C29H40O9. The number of esters is 1. The summed E-state index contributed by atoms with van der Waals surface area (Å²) in [7, 11) is 0. The van der Waals surface area contributed by atoms with Crippen molar-refractivity contribution in [3.63, 3.8) is 0 Å². The molecule has 0 radical (unpaired) electrons. The predicted molar refractivity (Wildman–Crippen MR) is 131 cm³/mol. The first-order chi connectivity index (χ1) is 18.0. The molecule has 210 valence electrons. The van der Waals surface area contributed by atoms with Gasteiger partial charge in [0.2, 0.25) is 12.1 Å². The van der Waals surface area contributed by atoms with Gasteiger partial charge in [-0.3, -0.25) is 0 Å². The van der Waals surface area contributed by atoms with Crippen LogP contribution in [0.2, 0.25) is 0 Å². The van der Waals surface area contributed by atoms with Crippen LogP contribution in [0.15, 0.2) is 11.6 Å². The molecule has 13 atom stereocenters. The van der Waals surface area contributed by atoms with Crippen molar-refractivity contribution in [3.05, 3.63) is 11.6 Å². The monoisotopic (exact) mass is 532 g/mol. The quantitative estimate of drug-likeness (QED) is 0.278. The topological polar surface area (TPSA) is 132 Å². The lowest BCUT2D eigenvalue weighted by Crippen LogP contribution is -2.71. The summed E-state index contributed by atoms with van der Waals surface area (Å²) in [6.07, 6.45) is 5.34. The Kier molecular flexibility index (Phi) is 5.61. The Balaban J connectivity index is 1.18. The molecule has 7 aliphatic rings. The number of aldehydes is 1. The van der Waals surface area contributed by atoms with E-state index in [0.717, 1.165) is 44.0 Å². The van der Waals surface area contributed by atoms with Crippen LogP contribution in [0.4, 0.5) is 0 Å². The second-order valence-corrected chi connectivity index (χ2v) is 13.6. The van der Waals surface area contributed by atoms with Crippen molar-refractivity contribution in [3.8, 4) is 0 Å². The molecule has 7 rings (SSSR count). The summed E-state index contributed by atoms with van der Waals surface area (Å²) in [4.78, 5) is 24.9. The lowest BCUT2D eigenvalue weighted by molar-refractivity contribution is -0.457. The van der Waals surface area contributed by atoms with Crippen molar-refractivity contribution < 1.29 is 43.9 Å². The SMILES string of the molecule is C[C@@H]1C[C@@H](O)[C@@]2(O)O[C@@H]3C[C@@]4(C=O)[C@@H](CC[C@@H]5[C@@H]4CC[C@]4(C)[C@@H](C6=CC(=O)OC6)CC[C@]54O)C[C@H]3O[C@@H]2O1. The Morgan fingerprint density at radius 3 is 2.58 bits per heavy atom. The summed E-state index contributed by atoms with van der Waals surface area (Å²) in [5.41, 5.74) is -1.01. The van der Waals surface area contributed by atoms with Gasteiger partial charge in [-0.1, -0.05) is 6.92 Å². The number of cyclic esters (lactones) is 1.